The lowest BCUT2D eigenvalue weighted by Gasteiger charge is -2.16. The van der Waals surface area contributed by atoms with Gasteiger partial charge in [0, 0.05) is 5.02 Å². The number of nitrogens with zero attached hydrogens (tertiary/aromatic N) is 1. The standard InChI is InChI=1S/C18H14ClNO2S/c1-11-3-4-12(2)15(9-11)20-17(21)16(23-18(20)22)10-13-5-7-14(19)8-6-13/h3-10H,1-2H3/b16-10-. The van der Waals surface area contributed by atoms with Crippen molar-refractivity contribution >= 4 is 46.3 Å². The molecule has 116 valence electrons. The van der Waals surface area contributed by atoms with Crippen molar-refractivity contribution in [3.63, 3.8) is 0 Å². The van der Waals surface area contributed by atoms with E-state index in [0.717, 1.165) is 28.5 Å². The number of amides is 2. The number of imide groups is 1. The molecule has 1 heterocycles. The molecule has 3 rings (SSSR count). The van der Waals surface area contributed by atoms with E-state index in [2.05, 4.69) is 0 Å². The molecule has 0 aliphatic carbocycles. The summed E-state index contributed by atoms with van der Waals surface area (Å²) >= 11 is 6.82. The van der Waals surface area contributed by atoms with Crippen molar-refractivity contribution in [3.8, 4) is 0 Å². The van der Waals surface area contributed by atoms with E-state index in [0.29, 0.717) is 15.6 Å². The van der Waals surface area contributed by atoms with Crippen LogP contribution in [0.15, 0.2) is 47.4 Å². The Kier molecular flexibility index (Phi) is 4.28. The Morgan fingerprint density at radius 2 is 1.74 bits per heavy atom. The summed E-state index contributed by atoms with van der Waals surface area (Å²) in [6, 6.07) is 12.9. The van der Waals surface area contributed by atoms with Gasteiger partial charge in [0.1, 0.15) is 0 Å². The van der Waals surface area contributed by atoms with E-state index >= 15 is 0 Å². The van der Waals surface area contributed by atoms with Crippen LogP contribution in [0.4, 0.5) is 10.5 Å². The van der Waals surface area contributed by atoms with Crippen LogP contribution in [0.25, 0.3) is 6.08 Å². The summed E-state index contributed by atoms with van der Waals surface area (Å²) < 4.78 is 0. The minimum atomic E-state index is -0.288. The van der Waals surface area contributed by atoms with Gasteiger partial charge in [0.25, 0.3) is 11.1 Å². The first-order valence-corrected chi connectivity index (χ1v) is 8.26. The van der Waals surface area contributed by atoms with E-state index in [-0.39, 0.29) is 11.1 Å². The second-order valence-electron chi connectivity index (χ2n) is 5.36. The summed E-state index contributed by atoms with van der Waals surface area (Å²) in [6.45, 7) is 3.83. The van der Waals surface area contributed by atoms with Crippen molar-refractivity contribution in [3.05, 3.63) is 69.1 Å². The number of rotatable bonds is 2. The Labute approximate surface area is 143 Å². The molecule has 0 unspecified atom stereocenters. The lowest BCUT2D eigenvalue weighted by molar-refractivity contribution is -0.113. The van der Waals surface area contributed by atoms with Crippen molar-refractivity contribution in [2.24, 2.45) is 0 Å². The largest absolute Gasteiger partial charge is 0.298 e. The third-order valence-corrected chi connectivity index (χ3v) is 4.69. The normalized spacial score (nSPS) is 16.5. The van der Waals surface area contributed by atoms with Crippen LogP contribution in [0.1, 0.15) is 16.7 Å². The molecule has 0 aromatic heterocycles. The van der Waals surface area contributed by atoms with Gasteiger partial charge in [-0.05, 0) is 66.6 Å². The van der Waals surface area contributed by atoms with Crippen LogP contribution >= 0.6 is 23.4 Å². The summed E-state index contributed by atoms with van der Waals surface area (Å²) in [5.74, 6) is -0.288. The molecule has 2 amide bonds. The van der Waals surface area contributed by atoms with E-state index in [1.165, 1.54) is 4.90 Å². The highest BCUT2D eigenvalue weighted by Crippen LogP contribution is 2.37. The van der Waals surface area contributed by atoms with Crippen molar-refractivity contribution in [1.82, 2.24) is 0 Å². The van der Waals surface area contributed by atoms with Gasteiger partial charge in [0.05, 0.1) is 10.6 Å². The average Bonchev–Trinajstić information content (AvgIpc) is 2.78. The lowest BCUT2D eigenvalue weighted by atomic mass is 10.1. The van der Waals surface area contributed by atoms with Crippen LogP contribution in [-0.4, -0.2) is 11.1 Å². The molecule has 0 atom stereocenters. The van der Waals surface area contributed by atoms with Crippen molar-refractivity contribution < 1.29 is 9.59 Å². The highest BCUT2D eigenvalue weighted by Gasteiger charge is 2.36. The van der Waals surface area contributed by atoms with Crippen LogP contribution < -0.4 is 4.90 Å². The van der Waals surface area contributed by atoms with E-state index in [4.69, 9.17) is 11.6 Å². The molecule has 3 nitrogen and oxygen atoms in total. The maximum Gasteiger partial charge on any atom is 0.298 e. The molecule has 1 aliphatic rings. The molecular weight excluding hydrogens is 330 g/mol. The second-order valence-corrected chi connectivity index (χ2v) is 6.79. The maximum absolute atomic E-state index is 12.6. The Hall–Kier alpha value is -2.04. The van der Waals surface area contributed by atoms with Gasteiger partial charge >= 0.3 is 0 Å². The zero-order chi connectivity index (χ0) is 16.6. The fourth-order valence-corrected chi connectivity index (χ4v) is 3.31. The summed E-state index contributed by atoms with van der Waals surface area (Å²) in [6.07, 6.45) is 1.71. The van der Waals surface area contributed by atoms with Crippen LogP contribution in [0.2, 0.25) is 5.02 Å². The summed E-state index contributed by atoms with van der Waals surface area (Å²) in [4.78, 5) is 26.6. The first kappa shape index (κ1) is 15.8. The Bertz CT molecular complexity index is 827. The molecule has 23 heavy (non-hydrogen) atoms. The molecule has 2 aromatic rings. The third kappa shape index (κ3) is 3.19. The summed E-state index contributed by atoms with van der Waals surface area (Å²) in [5, 5.41) is 0.356. The quantitative estimate of drug-likeness (QED) is 0.703. The van der Waals surface area contributed by atoms with Gasteiger partial charge < -0.3 is 0 Å². The molecule has 0 spiro atoms. The first-order chi connectivity index (χ1) is 11.0. The maximum atomic E-state index is 12.6. The highest BCUT2D eigenvalue weighted by atomic mass is 35.5. The van der Waals surface area contributed by atoms with Gasteiger partial charge in [-0.15, -0.1) is 0 Å². The molecule has 2 aromatic carbocycles. The minimum absolute atomic E-state index is 0.274. The number of halogens is 1. The van der Waals surface area contributed by atoms with Crippen molar-refractivity contribution in [1.29, 1.82) is 0 Å². The van der Waals surface area contributed by atoms with Crippen LogP contribution in [-0.2, 0) is 4.79 Å². The number of carbonyl (C=O) groups excluding carboxylic acids is 2. The highest BCUT2D eigenvalue weighted by molar-refractivity contribution is 8.19. The predicted molar refractivity (Wildman–Crippen MR) is 95.8 cm³/mol. The third-order valence-electron chi connectivity index (χ3n) is 3.57. The molecule has 1 fully saturated rings. The molecule has 5 heteroatoms. The summed E-state index contributed by atoms with van der Waals surface area (Å²) in [5.41, 5.74) is 3.38. The fraction of sp³-hybridized carbons (Fsp3) is 0.111. The topological polar surface area (TPSA) is 37.4 Å². The monoisotopic (exact) mass is 343 g/mol. The van der Waals surface area contributed by atoms with E-state index in [1.54, 1.807) is 18.2 Å². The van der Waals surface area contributed by atoms with E-state index in [9.17, 15) is 9.59 Å². The number of benzene rings is 2. The van der Waals surface area contributed by atoms with Gasteiger partial charge in [0.15, 0.2) is 0 Å². The number of hydrogen-bond acceptors (Lipinski definition) is 3. The summed E-state index contributed by atoms with van der Waals surface area (Å²) in [7, 11) is 0. The number of hydrogen-bond donors (Lipinski definition) is 0. The molecule has 0 N–H and O–H groups in total. The number of anilines is 1. The van der Waals surface area contributed by atoms with Crippen LogP contribution in [0, 0.1) is 13.8 Å². The van der Waals surface area contributed by atoms with Crippen LogP contribution in [0.5, 0.6) is 0 Å². The fourth-order valence-electron chi connectivity index (χ4n) is 2.35. The molecule has 0 radical (unpaired) electrons. The number of carbonyl (C=O) groups is 2. The van der Waals surface area contributed by atoms with Gasteiger partial charge in [0.2, 0.25) is 0 Å². The molecule has 1 saturated heterocycles. The first-order valence-electron chi connectivity index (χ1n) is 7.06. The minimum Gasteiger partial charge on any atom is -0.268 e. The van der Waals surface area contributed by atoms with Gasteiger partial charge in [-0.1, -0.05) is 35.9 Å². The van der Waals surface area contributed by atoms with Crippen LogP contribution in [0.3, 0.4) is 0 Å². The molecule has 1 aliphatic heterocycles. The smallest absolute Gasteiger partial charge is 0.268 e. The Balaban J connectivity index is 1.97. The predicted octanol–water partition coefficient (Wildman–Crippen LogP) is 5.20. The van der Waals surface area contributed by atoms with Crippen molar-refractivity contribution in [2.45, 2.75) is 13.8 Å². The number of thioether (sulfide) groups is 1. The van der Waals surface area contributed by atoms with E-state index in [1.807, 2.05) is 44.2 Å². The Morgan fingerprint density at radius 3 is 2.43 bits per heavy atom. The number of aryl methyl sites for hydroxylation is 2. The van der Waals surface area contributed by atoms with Gasteiger partial charge in [-0.2, -0.15) is 0 Å². The second kappa shape index (κ2) is 6.22. The molecular formula is C18H14ClNO2S. The SMILES string of the molecule is Cc1ccc(C)c(N2C(=O)S/C(=C\c3ccc(Cl)cc3)C2=O)c1. The van der Waals surface area contributed by atoms with Gasteiger partial charge in [-0.3, -0.25) is 9.59 Å². The van der Waals surface area contributed by atoms with Crippen molar-refractivity contribution in [2.75, 3.05) is 4.90 Å². The van der Waals surface area contributed by atoms with Gasteiger partial charge in [-0.25, -0.2) is 4.90 Å². The molecule has 0 saturated carbocycles. The lowest BCUT2D eigenvalue weighted by Crippen LogP contribution is -2.28. The van der Waals surface area contributed by atoms with E-state index < -0.39 is 0 Å². The molecule has 0 bridgehead atoms. The Morgan fingerprint density at radius 1 is 1.04 bits per heavy atom. The zero-order valence-electron chi connectivity index (χ0n) is 12.7. The zero-order valence-corrected chi connectivity index (χ0v) is 14.2. The average molecular weight is 344 g/mol.